The Kier molecular flexibility index (Phi) is 6.75. The van der Waals surface area contributed by atoms with Gasteiger partial charge in [0.25, 0.3) is 0 Å². The number of hydrogen-bond donors (Lipinski definition) is 2. The molecule has 1 atom stereocenters. The fourth-order valence-corrected chi connectivity index (χ4v) is 3.97. The molecule has 2 aromatic carbocycles. The van der Waals surface area contributed by atoms with Crippen molar-refractivity contribution in [3.05, 3.63) is 83.4 Å². The van der Waals surface area contributed by atoms with E-state index >= 15 is 0 Å². The normalized spacial score (nSPS) is 14.4. The van der Waals surface area contributed by atoms with Gasteiger partial charge >= 0.3 is 0 Å². The largest absolute Gasteiger partial charge is 0.357 e. The smallest absolute Gasteiger partial charge is 0.191 e. The Balaban J connectivity index is 1.45. The Bertz CT molecular complexity index is 948. The summed E-state index contributed by atoms with van der Waals surface area (Å²) in [6.07, 6.45) is 3.15. The highest BCUT2D eigenvalue weighted by Gasteiger charge is 2.17. The van der Waals surface area contributed by atoms with Gasteiger partial charge in [0.2, 0.25) is 0 Å². The Morgan fingerprint density at radius 1 is 1.03 bits per heavy atom. The summed E-state index contributed by atoms with van der Waals surface area (Å²) in [4.78, 5) is 4.78. The molecule has 0 amide bonds. The molecule has 2 N–H and O–H groups in total. The van der Waals surface area contributed by atoms with Crippen molar-refractivity contribution < 1.29 is 0 Å². The highest BCUT2D eigenvalue weighted by Crippen LogP contribution is 2.20. The molecule has 6 nitrogen and oxygen atoms in total. The number of nitrogens with zero attached hydrogens (tertiary/aromatic N) is 4. The van der Waals surface area contributed by atoms with Gasteiger partial charge in [-0.2, -0.15) is 0 Å². The predicted molar refractivity (Wildman–Crippen MR) is 120 cm³/mol. The van der Waals surface area contributed by atoms with Crippen molar-refractivity contribution in [2.24, 2.45) is 4.99 Å². The minimum Gasteiger partial charge on any atom is -0.357 e. The Hall–Kier alpha value is -3.15. The lowest BCUT2D eigenvalue weighted by molar-refractivity contribution is 0.641. The van der Waals surface area contributed by atoms with E-state index in [1.165, 1.54) is 11.1 Å². The number of rotatable bonds is 8. The zero-order valence-electron chi connectivity index (χ0n) is 17.6. The number of hydrogen-bond acceptors (Lipinski definition) is 3. The van der Waals surface area contributed by atoms with E-state index in [0.29, 0.717) is 12.5 Å². The molecule has 0 saturated heterocycles. The van der Waals surface area contributed by atoms with Crippen LogP contribution in [0.15, 0.2) is 65.7 Å². The molecular weight excluding hydrogens is 372 g/mol. The number of fused-ring (bicyclic) bond motifs is 1. The van der Waals surface area contributed by atoms with E-state index in [2.05, 4.69) is 93.0 Å². The van der Waals surface area contributed by atoms with Gasteiger partial charge in [-0.05, 0) is 30.9 Å². The molecule has 30 heavy (non-hydrogen) atoms. The quantitative estimate of drug-likeness (QED) is 0.448. The van der Waals surface area contributed by atoms with Gasteiger partial charge < -0.3 is 15.2 Å². The number of aryl methyl sites for hydroxylation is 1. The van der Waals surface area contributed by atoms with Crippen molar-refractivity contribution in [2.45, 2.75) is 45.2 Å². The monoisotopic (exact) mass is 402 g/mol. The average molecular weight is 403 g/mol. The van der Waals surface area contributed by atoms with Crippen LogP contribution in [0, 0.1) is 0 Å². The maximum atomic E-state index is 4.78. The van der Waals surface area contributed by atoms with Crippen LogP contribution in [0.4, 0.5) is 0 Å². The number of nitrogens with one attached hydrogen (secondary N) is 2. The highest BCUT2D eigenvalue weighted by molar-refractivity contribution is 5.79. The van der Waals surface area contributed by atoms with E-state index in [4.69, 9.17) is 4.99 Å². The van der Waals surface area contributed by atoms with Crippen molar-refractivity contribution in [2.75, 3.05) is 13.1 Å². The second-order valence-corrected chi connectivity index (χ2v) is 7.66. The van der Waals surface area contributed by atoms with Crippen molar-refractivity contribution in [1.29, 1.82) is 0 Å². The summed E-state index contributed by atoms with van der Waals surface area (Å²) in [6.45, 7) is 5.26. The van der Waals surface area contributed by atoms with Crippen molar-refractivity contribution in [1.82, 2.24) is 25.4 Å². The minimum absolute atomic E-state index is 0.356. The first-order valence-electron chi connectivity index (χ1n) is 10.9. The van der Waals surface area contributed by atoms with Crippen molar-refractivity contribution in [3.8, 4) is 0 Å². The lowest BCUT2D eigenvalue weighted by Crippen LogP contribution is -2.39. The third-order valence-electron chi connectivity index (χ3n) is 5.52. The molecule has 0 spiro atoms. The Morgan fingerprint density at radius 3 is 2.57 bits per heavy atom. The van der Waals surface area contributed by atoms with E-state index < -0.39 is 0 Å². The molecule has 4 rings (SSSR count). The van der Waals surface area contributed by atoms with Crippen LogP contribution in [0.1, 0.15) is 42.0 Å². The van der Waals surface area contributed by atoms with Crippen LogP contribution in [-0.2, 0) is 25.9 Å². The zero-order valence-corrected chi connectivity index (χ0v) is 17.6. The number of guanidine groups is 1. The van der Waals surface area contributed by atoms with Crippen LogP contribution in [0.25, 0.3) is 0 Å². The molecule has 0 bridgehead atoms. The van der Waals surface area contributed by atoms with Crippen LogP contribution < -0.4 is 10.6 Å². The first-order valence-corrected chi connectivity index (χ1v) is 10.9. The topological polar surface area (TPSA) is 67.1 Å². The summed E-state index contributed by atoms with van der Waals surface area (Å²) >= 11 is 0. The average Bonchev–Trinajstić information content (AvgIpc) is 3.40. The van der Waals surface area contributed by atoms with Gasteiger partial charge in [-0.1, -0.05) is 60.7 Å². The van der Waals surface area contributed by atoms with Gasteiger partial charge in [0.05, 0.1) is 0 Å². The summed E-state index contributed by atoms with van der Waals surface area (Å²) in [7, 11) is 0. The van der Waals surface area contributed by atoms with Crippen LogP contribution in [0.2, 0.25) is 0 Å². The fourth-order valence-electron chi connectivity index (χ4n) is 3.97. The number of aliphatic imine (C=N–C) groups is 1. The molecule has 6 heteroatoms. The van der Waals surface area contributed by atoms with E-state index in [9.17, 15) is 0 Å². The molecule has 0 saturated carbocycles. The van der Waals surface area contributed by atoms with Gasteiger partial charge in [-0.3, -0.25) is 0 Å². The standard InChI is InChI=1S/C24H30N6/c1-2-25-24(27-18-23-29-28-22-14-9-15-30(22)23)26-17-21(20-12-7-4-8-13-20)16-19-10-5-3-6-11-19/h3-8,10-13,21H,2,9,14-18H2,1H3,(H2,25,26,27). The third-order valence-corrected chi connectivity index (χ3v) is 5.52. The van der Waals surface area contributed by atoms with Gasteiger partial charge in [-0.15, -0.1) is 10.2 Å². The number of benzene rings is 2. The molecule has 1 unspecified atom stereocenters. The van der Waals surface area contributed by atoms with Crippen LogP contribution >= 0.6 is 0 Å². The minimum atomic E-state index is 0.356. The summed E-state index contributed by atoms with van der Waals surface area (Å²) in [5.41, 5.74) is 2.68. The molecule has 1 aliphatic rings. The summed E-state index contributed by atoms with van der Waals surface area (Å²) in [5, 5.41) is 15.5. The molecule has 3 aromatic rings. The second kappa shape index (κ2) is 10.1. The molecule has 2 heterocycles. The van der Waals surface area contributed by atoms with E-state index in [1.54, 1.807) is 0 Å². The van der Waals surface area contributed by atoms with Crippen LogP contribution in [0.3, 0.4) is 0 Å². The lowest BCUT2D eigenvalue weighted by Gasteiger charge is -2.20. The van der Waals surface area contributed by atoms with Gasteiger partial charge in [0, 0.05) is 32.0 Å². The van der Waals surface area contributed by atoms with Gasteiger partial charge in [0.1, 0.15) is 12.4 Å². The molecule has 156 valence electrons. The van der Waals surface area contributed by atoms with E-state index in [-0.39, 0.29) is 0 Å². The molecule has 0 radical (unpaired) electrons. The van der Waals surface area contributed by atoms with E-state index in [1.807, 2.05) is 0 Å². The Morgan fingerprint density at radius 2 is 1.80 bits per heavy atom. The van der Waals surface area contributed by atoms with Crippen LogP contribution in [0.5, 0.6) is 0 Å². The second-order valence-electron chi connectivity index (χ2n) is 7.66. The summed E-state index contributed by atoms with van der Waals surface area (Å²) in [6, 6.07) is 21.4. The number of aromatic nitrogens is 3. The van der Waals surface area contributed by atoms with Crippen LogP contribution in [-0.4, -0.2) is 33.8 Å². The fraction of sp³-hybridized carbons (Fsp3) is 0.375. The zero-order chi connectivity index (χ0) is 20.6. The predicted octanol–water partition coefficient (Wildman–Crippen LogP) is 3.31. The summed E-state index contributed by atoms with van der Waals surface area (Å²) < 4.78 is 2.20. The maximum absolute atomic E-state index is 4.78. The van der Waals surface area contributed by atoms with Gasteiger partial charge in [-0.25, -0.2) is 4.99 Å². The SMILES string of the molecule is CCNC(=NCc1nnc2n1CCC2)NCC(Cc1ccccc1)c1ccccc1. The van der Waals surface area contributed by atoms with Crippen molar-refractivity contribution in [3.63, 3.8) is 0 Å². The molecule has 0 fully saturated rings. The molecular formula is C24H30N6. The van der Waals surface area contributed by atoms with Gasteiger partial charge in [0.15, 0.2) is 11.8 Å². The third kappa shape index (κ3) is 5.06. The molecule has 1 aromatic heterocycles. The molecule has 1 aliphatic heterocycles. The highest BCUT2D eigenvalue weighted by atomic mass is 15.3. The maximum Gasteiger partial charge on any atom is 0.191 e. The van der Waals surface area contributed by atoms with Crippen molar-refractivity contribution >= 4 is 5.96 Å². The van der Waals surface area contributed by atoms with E-state index in [0.717, 1.165) is 56.5 Å². The first kappa shape index (κ1) is 20.1. The first-order chi connectivity index (χ1) is 14.8. The summed E-state index contributed by atoms with van der Waals surface area (Å²) in [5.74, 6) is 3.21. The molecule has 0 aliphatic carbocycles. The Labute approximate surface area is 178 Å². The lowest BCUT2D eigenvalue weighted by atomic mass is 9.92.